The summed E-state index contributed by atoms with van der Waals surface area (Å²) in [4.78, 5) is 16.1. The fraction of sp³-hybridized carbons (Fsp3) is 0.567. The second-order valence-corrected chi connectivity index (χ2v) is 10.4. The molecule has 1 aliphatic heterocycles. The van der Waals surface area contributed by atoms with Crippen molar-refractivity contribution in [3.05, 3.63) is 53.1 Å². The van der Waals surface area contributed by atoms with Crippen LogP contribution < -0.4 is 4.74 Å². The fourth-order valence-corrected chi connectivity index (χ4v) is 5.98. The van der Waals surface area contributed by atoms with Crippen LogP contribution >= 0.6 is 0 Å². The van der Waals surface area contributed by atoms with Crippen molar-refractivity contribution in [2.45, 2.75) is 77.2 Å². The van der Waals surface area contributed by atoms with Gasteiger partial charge in [-0.2, -0.15) is 0 Å². The third-order valence-corrected chi connectivity index (χ3v) is 8.10. The summed E-state index contributed by atoms with van der Waals surface area (Å²) in [5, 5.41) is 0. The van der Waals surface area contributed by atoms with Gasteiger partial charge in [-0.3, -0.25) is 9.69 Å². The highest BCUT2D eigenvalue weighted by atomic mass is 16.5. The molecule has 1 aliphatic carbocycles. The maximum Gasteiger partial charge on any atom is 0.182 e. The molecule has 2 aromatic carbocycles. The average Bonchev–Trinajstić information content (AvgIpc) is 3.14. The summed E-state index contributed by atoms with van der Waals surface area (Å²) in [7, 11) is 1.74. The van der Waals surface area contributed by atoms with Gasteiger partial charge in [0.25, 0.3) is 0 Å². The summed E-state index contributed by atoms with van der Waals surface area (Å²) in [6.07, 6.45) is 6.84. The lowest BCUT2D eigenvalue weighted by Gasteiger charge is -2.39. The van der Waals surface area contributed by atoms with Gasteiger partial charge in [0.15, 0.2) is 5.78 Å². The molecule has 2 aliphatic rings. The summed E-state index contributed by atoms with van der Waals surface area (Å²) < 4.78 is 11.2. The molecule has 0 bridgehead atoms. The molecule has 184 valence electrons. The minimum Gasteiger partial charge on any atom is -0.497 e. The molecule has 1 saturated heterocycles. The van der Waals surface area contributed by atoms with Crippen LogP contribution in [0.2, 0.25) is 0 Å². The average molecular weight is 464 g/mol. The zero-order chi connectivity index (χ0) is 24.3. The van der Waals surface area contributed by atoms with Gasteiger partial charge in [0, 0.05) is 24.1 Å². The van der Waals surface area contributed by atoms with E-state index in [2.05, 4.69) is 62.9 Å². The van der Waals surface area contributed by atoms with Crippen molar-refractivity contribution in [1.82, 2.24) is 4.90 Å². The van der Waals surface area contributed by atoms with Crippen molar-refractivity contribution in [2.24, 2.45) is 0 Å². The SMILES string of the molecule is CCCCC1(CCCC)c2cc(OC)ccc2-c2ccc(C(=O)C(C)(C)N3CCOCC3)cc21. The standard InChI is InChI=1S/C30H41NO3/c1-6-8-14-30(15-9-7-2)26-20-22(28(32)29(3,4)31-16-18-34-19-17-31)10-12-24(26)25-13-11-23(33-5)21-27(25)30/h10-13,20-21H,6-9,14-19H2,1-5H3. The number of hydrogen-bond acceptors (Lipinski definition) is 4. The van der Waals surface area contributed by atoms with Crippen LogP contribution in [0.3, 0.4) is 0 Å². The first-order valence-electron chi connectivity index (χ1n) is 13.1. The quantitative estimate of drug-likeness (QED) is 0.370. The van der Waals surface area contributed by atoms with Crippen molar-refractivity contribution in [1.29, 1.82) is 0 Å². The number of Topliss-reactive ketones (excluding diaryl/α,β-unsaturated/α-hetero) is 1. The van der Waals surface area contributed by atoms with Crippen LogP contribution in [0.1, 0.15) is 87.7 Å². The first-order valence-corrected chi connectivity index (χ1v) is 13.1. The van der Waals surface area contributed by atoms with E-state index < -0.39 is 5.54 Å². The van der Waals surface area contributed by atoms with Crippen molar-refractivity contribution < 1.29 is 14.3 Å². The van der Waals surface area contributed by atoms with Crippen LogP contribution in [-0.2, 0) is 10.2 Å². The van der Waals surface area contributed by atoms with Crippen LogP contribution in [0.15, 0.2) is 36.4 Å². The molecule has 0 aromatic heterocycles. The third kappa shape index (κ3) is 4.31. The Hall–Kier alpha value is -2.17. The third-order valence-electron chi connectivity index (χ3n) is 8.10. The van der Waals surface area contributed by atoms with Gasteiger partial charge < -0.3 is 9.47 Å². The van der Waals surface area contributed by atoms with Gasteiger partial charge in [-0.1, -0.05) is 57.7 Å². The molecule has 4 heteroatoms. The highest BCUT2D eigenvalue weighted by Crippen LogP contribution is 2.55. The maximum atomic E-state index is 13.9. The largest absolute Gasteiger partial charge is 0.497 e. The van der Waals surface area contributed by atoms with E-state index in [1.54, 1.807) is 7.11 Å². The number of benzene rings is 2. The van der Waals surface area contributed by atoms with Crippen LogP contribution in [-0.4, -0.2) is 49.6 Å². The molecule has 34 heavy (non-hydrogen) atoms. The number of carbonyl (C=O) groups excluding carboxylic acids is 1. The molecule has 2 aromatic rings. The molecule has 1 fully saturated rings. The van der Waals surface area contributed by atoms with Gasteiger partial charge in [-0.25, -0.2) is 0 Å². The van der Waals surface area contributed by atoms with Gasteiger partial charge in [0.05, 0.1) is 25.9 Å². The van der Waals surface area contributed by atoms with Gasteiger partial charge >= 0.3 is 0 Å². The summed E-state index contributed by atoms with van der Waals surface area (Å²) in [5.41, 5.74) is 5.50. The van der Waals surface area contributed by atoms with E-state index in [1.165, 1.54) is 22.3 Å². The lowest BCUT2D eigenvalue weighted by Crippen LogP contribution is -2.54. The summed E-state index contributed by atoms with van der Waals surface area (Å²) in [6.45, 7) is 11.6. The van der Waals surface area contributed by atoms with E-state index in [-0.39, 0.29) is 11.2 Å². The first kappa shape index (κ1) is 24.9. The molecular formula is C30H41NO3. The molecule has 0 radical (unpaired) electrons. The van der Waals surface area contributed by atoms with Crippen LogP contribution in [0, 0.1) is 0 Å². The lowest BCUT2D eigenvalue weighted by molar-refractivity contribution is -0.00430. The Morgan fingerprint density at radius 3 is 2.15 bits per heavy atom. The number of fused-ring (bicyclic) bond motifs is 3. The molecule has 0 saturated carbocycles. The Kier molecular flexibility index (Phi) is 7.49. The summed E-state index contributed by atoms with van der Waals surface area (Å²) in [6, 6.07) is 13.0. The molecule has 0 amide bonds. The van der Waals surface area contributed by atoms with E-state index in [1.807, 2.05) is 6.07 Å². The normalized spacial score (nSPS) is 17.3. The van der Waals surface area contributed by atoms with E-state index in [4.69, 9.17) is 9.47 Å². The minimum absolute atomic E-state index is 0.0649. The Morgan fingerprint density at radius 1 is 0.971 bits per heavy atom. The molecule has 0 unspecified atom stereocenters. The van der Waals surface area contributed by atoms with Crippen molar-refractivity contribution >= 4 is 5.78 Å². The number of nitrogens with zero attached hydrogens (tertiary/aromatic N) is 1. The molecule has 0 N–H and O–H groups in total. The Morgan fingerprint density at radius 2 is 1.56 bits per heavy atom. The second-order valence-electron chi connectivity index (χ2n) is 10.4. The van der Waals surface area contributed by atoms with E-state index >= 15 is 0 Å². The van der Waals surface area contributed by atoms with E-state index in [0.29, 0.717) is 13.2 Å². The Labute approximate surface area is 205 Å². The van der Waals surface area contributed by atoms with Crippen LogP contribution in [0.4, 0.5) is 0 Å². The molecule has 4 nitrogen and oxygen atoms in total. The van der Waals surface area contributed by atoms with Gasteiger partial charge in [0.1, 0.15) is 5.75 Å². The lowest BCUT2D eigenvalue weighted by atomic mass is 9.70. The van der Waals surface area contributed by atoms with E-state index in [0.717, 1.165) is 62.9 Å². The number of carbonyl (C=O) groups is 1. The Balaban J connectivity index is 1.81. The summed E-state index contributed by atoms with van der Waals surface area (Å²) in [5.74, 6) is 1.11. The van der Waals surface area contributed by atoms with Crippen molar-refractivity contribution in [3.8, 4) is 16.9 Å². The number of ether oxygens (including phenoxy) is 2. The predicted molar refractivity (Wildman–Crippen MR) is 139 cm³/mol. The zero-order valence-corrected chi connectivity index (χ0v) is 21.7. The molecular weight excluding hydrogens is 422 g/mol. The number of unbranched alkanes of at least 4 members (excludes halogenated alkanes) is 2. The molecule has 1 heterocycles. The Bertz CT molecular complexity index is 1010. The number of morpholine rings is 1. The predicted octanol–water partition coefficient (Wildman–Crippen LogP) is 6.64. The maximum absolute atomic E-state index is 13.9. The number of hydrogen-bond donors (Lipinski definition) is 0. The highest BCUT2D eigenvalue weighted by molar-refractivity contribution is 6.03. The number of ketones is 1. The zero-order valence-electron chi connectivity index (χ0n) is 21.7. The van der Waals surface area contributed by atoms with Crippen molar-refractivity contribution in [2.75, 3.05) is 33.4 Å². The topological polar surface area (TPSA) is 38.8 Å². The van der Waals surface area contributed by atoms with Gasteiger partial charge in [0.2, 0.25) is 0 Å². The van der Waals surface area contributed by atoms with Gasteiger partial charge in [-0.15, -0.1) is 0 Å². The molecule has 0 spiro atoms. The fourth-order valence-electron chi connectivity index (χ4n) is 5.98. The van der Waals surface area contributed by atoms with Crippen molar-refractivity contribution in [3.63, 3.8) is 0 Å². The second kappa shape index (κ2) is 10.2. The van der Waals surface area contributed by atoms with Gasteiger partial charge in [-0.05, 0) is 67.1 Å². The van der Waals surface area contributed by atoms with Crippen LogP contribution in [0.25, 0.3) is 11.1 Å². The van der Waals surface area contributed by atoms with Crippen LogP contribution in [0.5, 0.6) is 5.75 Å². The molecule has 0 atom stereocenters. The first-order chi connectivity index (χ1) is 16.4. The molecule has 4 rings (SSSR count). The van der Waals surface area contributed by atoms with E-state index in [9.17, 15) is 4.79 Å². The smallest absolute Gasteiger partial charge is 0.182 e. The summed E-state index contributed by atoms with van der Waals surface area (Å²) >= 11 is 0. The number of rotatable bonds is 10. The monoisotopic (exact) mass is 463 g/mol. The minimum atomic E-state index is -0.553. The highest BCUT2D eigenvalue weighted by Gasteiger charge is 2.44. The number of methoxy groups -OCH3 is 1.